The first-order valence-corrected chi connectivity index (χ1v) is 14.0. The molecule has 4 N–H and O–H groups in total. The molecule has 214 valence electrons. The molecular formula is C31H35FN6O3. The quantitative estimate of drug-likeness (QED) is 0.219. The summed E-state index contributed by atoms with van der Waals surface area (Å²) in [5, 5.41) is 8.73. The minimum absolute atomic E-state index is 0.0525. The van der Waals surface area contributed by atoms with E-state index in [0.717, 1.165) is 48.1 Å². The van der Waals surface area contributed by atoms with Crippen molar-refractivity contribution in [1.29, 1.82) is 0 Å². The summed E-state index contributed by atoms with van der Waals surface area (Å²) in [5.74, 6) is -0.902. The fourth-order valence-electron chi connectivity index (χ4n) is 5.45. The van der Waals surface area contributed by atoms with Crippen molar-refractivity contribution in [2.45, 2.75) is 59.5 Å². The van der Waals surface area contributed by atoms with Crippen LogP contribution in [0.5, 0.6) is 0 Å². The lowest BCUT2D eigenvalue weighted by Crippen LogP contribution is -2.36. The van der Waals surface area contributed by atoms with E-state index >= 15 is 0 Å². The van der Waals surface area contributed by atoms with E-state index in [2.05, 4.69) is 25.9 Å². The molecule has 9 nitrogen and oxygen atoms in total. The Morgan fingerprint density at radius 2 is 1.76 bits per heavy atom. The molecule has 0 bridgehead atoms. The van der Waals surface area contributed by atoms with Crippen LogP contribution in [0.3, 0.4) is 0 Å². The van der Waals surface area contributed by atoms with E-state index in [4.69, 9.17) is 0 Å². The lowest BCUT2D eigenvalue weighted by Gasteiger charge is -2.16. The summed E-state index contributed by atoms with van der Waals surface area (Å²) in [6, 6.07) is 6.16. The molecule has 2 aliphatic heterocycles. The molecule has 4 heterocycles. The molecule has 5 rings (SSSR count). The van der Waals surface area contributed by atoms with Crippen molar-refractivity contribution in [3.05, 3.63) is 81.2 Å². The number of halogens is 1. The van der Waals surface area contributed by atoms with Crippen molar-refractivity contribution in [3.8, 4) is 0 Å². The third kappa shape index (κ3) is 6.16. The van der Waals surface area contributed by atoms with Gasteiger partial charge in [0.15, 0.2) is 0 Å². The van der Waals surface area contributed by atoms with Crippen LogP contribution in [-0.2, 0) is 17.9 Å². The van der Waals surface area contributed by atoms with Crippen molar-refractivity contribution >= 4 is 35.2 Å². The van der Waals surface area contributed by atoms with Gasteiger partial charge in [-0.25, -0.2) is 9.18 Å². The highest BCUT2D eigenvalue weighted by Gasteiger charge is 2.26. The number of aromatic amines is 1. The predicted octanol–water partition coefficient (Wildman–Crippen LogP) is 4.98. The summed E-state index contributed by atoms with van der Waals surface area (Å²) in [7, 11) is 0. The van der Waals surface area contributed by atoms with Crippen molar-refractivity contribution in [2.75, 3.05) is 18.4 Å². The first-order chi connectivity index (χ1) is 19.7. The number of urea groups is 1. The van der Waals surface area contributed by atoms with Crippen LogP contribution in [0.25, 0.3) is 11.6 Å². The summed E-state index contributed by atoms with van der Waals surface area (Å²) in [4.78, 5) is 47.2. The number of H-pyrrole nitrogens is 1. The number of fused-ring (bicyclic) bond motifs is 2. The van der Waals surface area contributed by atoms with Crippen LogP contribution in [0.2, 0.25) is 0 Å². The van der Waals surface area contributed by atoms with Gasteiger partial charge in [-0.15, -0.1) is 0 Å². The zero-order valence-electron chi connectivity index (χ0n) is 23.6. The number of hydrogen-bond acceptors (Lipinski definition) is 4. The molecular weight excluding hydrogens is 523 g/mol. The van der Waals surface area contributed by atoms with E-state index in [9.17, 15) is 18.8 Å². The van der Waals surface area contributed by atoms with Crippen molar-refractivity contribution in [2.24, 2.45) is 0 Å². The van der Waals surface area contributed by atoms with Gasteiger partial charge in [0, 0.05) is 60.7 Å². The second-order valence-electron chi connectivity index (χ2n) is 10.7. The highest BCUT2D eigenvalue weighted by molar-refractivity contribution is 6.34. The molecule has 0 saturated heterocycles. The minimum atomic E-state index is -0.420. The molecule has 41 heavy (non-hydrogen) atoms. The molecule has 2 aromatic heterocycles. The number of hydrogen-bond donors (Lipinski definition) is 4. The molecule has 0 aliphatic carbocycles. The van der Waals surface area contributed by atoms with Crippen LogP contribution in [0.1, 0.15) is 75.4 Å². The second kappa shape index (κ2) is 12.0. The van der Waals surface area contributed by atoms with E-state index in [1.165, 1.54) is 18.2 Å². The number of nitrogens with zero attached hydrogens (tertiary/aromatic N) is 2. The number of anilines is 1. The molecule has 10 heteroatoms. The monoisotopic (exact) mass is 558 g/mol. The smallest absolute Gasteiger partial charge is 0.318 e. The van der Waals surface area contributed by atoms with Crippen molar-refractivity contribution in [3.63, 3.8) is 0 Å². The third-order valence-electron chi connectivity index (χ3n) is 7.65. The lowest BCUT2D eigenvalue weighted by molar-refractivity contribution is -0.110. The standard InChI is InChI=1S/C31H35FN6O3/c1-18-12-21-16-38(17-22(21)15-35-18)31(41)34-11-7-5-4-6-10-33-30(40)28-19(2)27(36-20(28)3)14-25-24-13-23(32)8-9-26(24)37-29(25)39/h8-9,12-15,36H,4-7,10-11,16-17H2,1-3H3,(H,33,40)(H,34,41)(H,37,39)/b25-14-. The first-order valence-electron chi connectivity index (χ1n) is 14.0. The number of carbonyl (C=O) groups is 3. The fourth-order valence-corrected chi connectivity index (χ4v) is 5.45. The first kappa shape index (κ1) is 28.1. The van der Waals surface area contributed by atoms with E-state index in [0.29, 0.717) is 60.0 Å². The maximum Gasteiger partial charge on any atom is 0.318 e. The van der Waals surface area contributed by atoms with E-state index in [1.54, 1.807) is 11.0 Å². The Kier molecular flexibility index (Phi) is 8.19. The van der Waals surface area contributed by atoms with Gasteiger partial charge in [-0.1, -0.05) is 12.8 Å². The molecule has 4 amide bonds. The SMILES string of the molecule is Cc1cc2c(cn1)CN(C(=O)NCCCCCCNC(=O)c1c(C)[nH]c(/C=C3\C(=O)Nc4ccc(F)cc43)c1C)C2. The Morgan fingerprint density at radius 1 is 1.02 bits per heavy atom. The number of pyridine rings is 1. The molecule has 0 radical (unpaired) electrons. The summed E-state index contributed by atoms with van der Waals surface area (Å²) in [6.07, 6.45) is 7.10. The third-order valence-corrected chi connectivity index (χ3v) is 7.65. The molecule has 0 spiro atoms. The van der Waals surface area contributed by atoms with Crippen LogP contribution in [0.15, 0.2) is 30.5 Å². The largest absolute Gasteiger partial charge is 0.358 e. The van der Waals surface area contributed by atoms with Gasteiger partial charge in [0.2, 0.25) is 0 Å². The second-order valence-corrected chi connectivity index (χ2v) is 10.7. The Bertz CT molecular complexity index is 1540. The molecule has 0 unspecified atom stereocenters. The topological polar surface area (TPSA) is 119 Å². The number of aromatic nitrogens is 2. The van der Waals surface area contributed by atoms with Crippen molar-refractivity contribution < 1.29 is 18.8 Å². The Morgan fingerprint density at radius 3 is 2.54 bits per heavy atom. The summed E-state index contributed by atoms with van der Waals surface area (Å²) in [6.45, 7) is 7.97. The van der Waals surface area contributed by atoms with Gasteiger partial charge in [0.05, 0.1) is 11.1 Å². The Hall–Kier alpha value is -4.47. The van der Waals surface area contributed by atoms with E-state index in [-0.39, 0.29) is 17.8 Å². The summed E-state index contributed by atoms with van der Waals surface area (Å²) in [5.41, 5.74) is 7.27. The number of rotatable bonds is 9. The van der Waals surface area contributed by atoms with Gasteiger partial charge < -0.3 is 25.8 Å². The number of aryl methyl sites for hydroxylation is 2. The lowest BCUT2D eigenvalue weighted by atomic mass is 10.0. The highest BCUT2D eigenvalue weighted by Crippen LogP contribution is 2.34. The predicted molar refractivity (Wildman–Crippen MR) is 156 cm³/mol. The summed E-state index contributed by atoms with van der Waals surface area (Å²) < 4.78 is 13.8. The number of amides is 4. The number of carbonyl (C=O) groups excluding carboxylic acids is 3. The molecule has 0 fully saturated rings. The van der Waals surface area contributed by atoms with Crippen LogP contribution in [0.4, 0.5) is 14.9 Å². The van der Waals surface area contributed by atoms with Crippen LogP contribution >= 0.6 is 0 Å². The molecule has 0 saturated carbocycles. The summed E-state index contributed by atoms with van der Waals surface area (Å²) >= 11 is 0. The highest BCUT2D eigenvalue weighted by atomic mass is 19.1. The maximum absolute atomic E-state index is 13.8. The zero-order valence-corrected chi connectivity index (χ0v) is 23.6. The molecule has 2 aliphatic rings. The van der Waals surface area contributed by atoms with Gasteiger partial charge in [-0.3, -0.25) is 14.6 Å². The average molecular weight is 559 g/mol. The van der Waals surface area contributed by atoms with Crippen LogP contribution in [-0.4, -0.2) is 45.8 Å². The zero-order chi connectivity index (χ0) is 29.1. The van der Waals surface area contributed by atoms with Gasteiger partial charge in [-0.05, 0) is 80.6 Å². The Labute approximate surface area is 238 Å². The number of benzene rings is 1. The maximum atomic E-state index is 13.8. The molecule has 0 atom stereocenters. The van der Waals surface area contributed by atoms with Gasteiger partial charge in [-0.2, -0.15) is 0 Å². The van der Waals surface area contributed by atoms with Crippen molar-refractivity contribution in [1.82, 2.24) is 25.5 Å². The minimum Gasteiger partial charge on any atom is -0.358 e. The normalized spacial score (nSPS) is 14.7. The number of unbranched alkanes of at least 4 members (excludes halogenated alkanes) is 3. The molecule has 3 aromatic rings. The number of nitrogens with one attached hydrogen (secondary N) is 4. The van der Waals surface area contributed by atoms with E-state index < -0.39 is 5.82 Å². The molecule has 1 aromatic carbocycles. The Balaban J connectivity index is 1.04. The van der Waals surface area contributed by atoms with Gasteiger partial charge >= 0.3 is 6.03 Å². The van der Waals surface area contributed by atoms with Crippen LogP contribution < -0.4 is 16.0 Å². The average Bonchev–Trinajstić information content (AvgIpc) is 3.58. The van der Waals surface area contributed by atoms with Crippen LogP contribution in [0, 0.1) is 26.6 Å². The van der Waals surface area contributed by atoms with Gasteiger partial charge in [0.25, 0.3) is 11.8 Å². The van der Waals surface area contributed by atoms with Gasteiger partial charge in [0.1, 0.15) is 5.82 Å². The fraction of sp³-hybridized carbons (Fsp3) is 0.355. The van der Waals surface area contributed by atoms with E-state index in [1.807, 2.05) is 33.0 Å².